The minimum Gasteiger partial charge on any atom is -0.327 e. The van der Waals surface area contributed by atoms with E-state index in [2.05, 4.69) is 15.9 Å². The van der Waals surface area contributed by atoms with Gasteiger partial charge in [0.2, 0.25) is 0 Å². The van der Waals surface area contributed by atoms with Crippen LogP contribution in [0.4, 0.5) is 4.39 Å². The Morgan fingerprint density at radius 1 is 1.50 bits per heavy atom. The van der Waals surface area contributed by atoms with Gasteiger partial charge < -0.3 is 5.73 Å². The largest absolute Gasteiger partial charge is 0.327 e. The molecular formula is C9H9BrFN. The third-order valence-electron chi connectivity index (χ3n) is 2.22. The second kappa shape index (κ2) is 2.82. The van der Waals surface area contributed by atoms with Gasteiger partial charge in [0, 0.05) is 12.0 Å². The van der Waals surface area contributed by atoms with Crippen LogP contribution in [0.15, 0.2) is 22.7 Å². The quantitative estimate of drug-likeness (QED) is 0.787. The lowest BCUT2D eigenvalue weighted by Gasteiger charge is -2.01. The van der Waals surface area contributed by atoms with Gasteiger partial charge in [0.1, 0.15) is 5.82 Å². The Balaban J connectivity index is 2.38. The summed E-state index contributed by atoms with van der Waals surface area (Å²) in [5.41, 5.74) is 6.38. The van der Waals surface area contributed by atoms with E-state index < -0.39 is 0 Å². The summed E-state index contributed by atoms with van der Waals surface area (Å²) in [6, 6.07) is 5.51. The summed E-state index contributed by atoms with van der Waals surface area (Å²) in [4.78, 5) is 0. The SMILES string of the molecule is NC1CC1c1cccc(Br)c1F. The molecule has 1 aromatic rings. The molecule has 0 amide bonds. The summed E-state index contributed by atoms with van der Waals surface area (Å²) in [6.45, 7) is 0. The van der Waals surface area contributed by atoms with Gasteiger partial charge in [-0.1, -0.05) is 12.1 Å². The Morgan fingerprint density at radius 3 is 2.75 bits per heavy atom. The van der Waals surface area contributed by atoms with E-state index >= 15 is 0 Å². The van der Waals surface area contributed by atoms with Crippen LogP contribution < -0.4 is 5.73 Å². The van der Waals surface area contributed by atoms with Crippen LogP contribution in [0.2, 0.25) is 0 Å². The number of halogens is 2. The third kappa shape index (κ3) is 1.27. The van der Waals surface area contributed by atoms with Crippen LogP contribution in [0, 0.1) is 5.82 Å². The molecule has 0 aliphatic heterocycles. The van der Waals surface area contributed by atoms with Crippen molar-refractivity contribution in [3.8, 4) is 0 Å². The Kier molecular flexibility index (Phi) is 1.93. The van der Waals surface area contributed by atoms with Crippen molar-refractivity contribution in [2.75, 3.05) is 0 Å². The van der Waals surface area contributed by atoms with Crippen LogP contribution in [-0.4, -0.2) is 6.04 Å². The minimum atomic E-state index is -0.157. The van der Waals surface area contributed by atoms with E-state index in [0.717, 1.165) is 12.0 Å². The van der Waals surface area contributed by atoms with E-state index in [4.69, 9.17) is 5.73 Å². The summed E-state index contributed by atoms with van der Waals surface area (Å²) in [5, 5.41) is 0. The minimum absolute atomic E-state index is 0.157. The molecule has 0 radical (unpaired) electrons. The van der Waals surface area contributed by atoms with E-state index in [1.165, 1.54) is 0 Å². The van der Waals surface area contributed by atoms with Crippen molar-refractivity contribution in [1.82, 2.24) is 0 Å². The maximum absolute atomic E-state index is 13.4. The predicted octanol–water partition coefficient (Wildman–Crippen LogP) is 2.40. The van der Waals surface area contributed by atoms with Crippen molar-refractivity contribution < 1.29 is 4.39 Å². The lowest BCUT2D eigenvalue weighted by atomic mass is 10.1. The summed E-state index contributed by atoms with van der Waals surface area (Å²) in [7, 11) is 0. The molecule has 1 fully saturated rings. The normalized spacial score (nSPS) is 27.2. The molecule has 0 bridgehead atoms. The van der Waals surface area contributed by atoms with Crippen LogP contribution in [0.3, 0.4) is 0 Å². The molecule has 64 valence electrons. The Hall–Kier alpha value is -0.410. The molecule has 0 heterocycles. The first kappa shape index (κ1) is 8.20. The van der Waals surface area contributed by atoms with Gasteiger partial charge in [-0.25, -0.2) is 4.39 Å². The van der Waals surface area contributed by atoms with Crippen LogP contribution in [0.25, 0.3) is 0 Å². The van der Waals surface area contributed by atoms with Crippen LogP contribution in [0.5, 0.6) is 0 Å². The number of rotatable bonds is 1. The summed E-state index contributed by atoms with van der Waals surface area (Å²) < 4.78 is 13.9. The van der Waals surface area contributed by atoms with Crippen molar-refractivity contribution in [1.29, 1.82) is 0 Å². The second-order valence-electron chi connectivity index (χ2n) is 3.15. The molecule has 2 N–H and O–H groups in total. The summed E-state index contributed by atoms with van der Waals surface area (Å²) >= 11 is 3.15. The molecule has 1 aliphatic rings. The second-order valence-corrected chi connectivity index (χ2v) is 4.00. The van der Waals surface area contributed by atoms with Gasteiger partial charge in [0.05, 0.1) is 4.47 Å². The first-order valence-electron chi connectivity index (χ1n) is 3.89. The molecule has 1 aromatic carbocycles. The van der Waals surface area contributed by atoms with Gasteiger partial charge in [0.25, 0.3) is 0 Å². The fraction of sp³-hybridized carbons (Fsp3) is 0.333. The maximum atomic E-state index is 13.4. The van der Waals surface area contributed by atoms with Crippen LogP contribution >= 0.6 is 15.9 Å². The zero-order chi connectivity index (χ0) is 8.72. The number of nitrogens with two attached hydrogens (primary N) is 1. The van der Waals surface area contributed by atoms with Crippen molar-refractivity contribution in [3.63, 3.8) is 0 Å². The molecule has 1 aliphatic carbocycles. The molecule has 1 saturated carbocycles. The molecule has 1 nitrogen and oxygen atoms in total. The lowest BCUT2D eigenvalue weighted by molar-refractivity contribution is 0.603. The first-order chi connectivity index (χ1) is 5.70. The van der Waals surface area contributed by atoms with E-state index in [0.29, 0.717) is 4.47 Å². The highest BCUT2D eigenvalue weighted by molar-refractivity contribution is 9.10. The van der Waals surface area contributed by atoms with E-state index in [-0.39, 0.29) is 17.8 Å². The molecule has 2 rings (SSSR count). The highest BCUT2D eigenvalue weighted by Gasteiger charge is 2.36. The number of benzene rings is 1. The van der Waals surface area contributed by atoms with Crippen molar-refractivity contribution >= 4 is 15.9 Å². The van der Waals surface area contributed by atoms with Crippen molar-refractivity contribution in [3.05, 3.63) is 34.1 Å². The van der Waals surface area contributed by atoms with Crippen molar-refractivity contribution in [2.24, 2.45) is 5.73 Å². The fourth-order valence-electron chi connectivity index (χ4n) is 1.38. The predicted molar refractivity (Wildman–Crippen MR) is 49.4 cm³/mol. The topological polar surface area (TPSA) is 26.0 Å². The Bertz CT molecular complexity index is 313. The summed E-state index contributed by atoms with van der Waals surface area (Å²) in [6.07, 6.45) is 0.910. The van der Waals surface area contributed by atoms with Gasteiger partial charge in [0.15, 0.2) is 0 Å². The zero-order valence-corrected chi connectivity index (χ0v) is 8.01. The van der Waals surface area contributed by atoms with Gasteiger partial charge in [-0.2, -0.15) is 0 Å². The molecule has 3 heteroatoms. The lowest BCUT2D eigenvalue weighted by Crippen LogP contribution is -2.02. The molecule has 2 atom stereocenters. The molecule has 2 unspecified atom stereocenters. The average Bonchev–Trinajstić information content (AvgIpc) is 2.73. The smallest absolute Gasteiger partial charge is 0.140 e. The molecule has 0 spiro atoms. The molecular weight excluding hydrogens is 221 g/mol. The average molecular weight is 230 g/mol. The van der Waals surface area contributed by atoms with E-state index in [1.807, 2.05) is 6.07 Å². The first-order valence-corrected chi connectivity index (χ1v) is 4.69. The highest BCUT2D eigenvalue weighted by Crippen LogP contribution is 2.41. The van der Waals surface area contributed by atoms with E-state index in [1.54, 1.807) is 12.1 Å². The number of hydrogen-bond acceptors (Lipinski definition) is 1. The fourth-order valence-corrected chi connectivity index (χ4v) is 1.76. The summed E-state index contributed by atoms with van der Waals surface area (Å²) in [5.74, 6) is 0.0814. The van der Waals surface area contributed by atoms with Crippen LogP contribution in [-0.2, 0) is 0 Å². The standard InChI is InChI=1S/C9H9BrFN/c10-7-3-1-2-5(9(7)11)6-4-8(6)12/h1-3,6,8H,4,12H2. The van der Waals surface area contributed by atoms with E-state index in [9.17, 15) is 4.39 Å². The zero-order valence-electron chi connectivity index (χ0n) is 6.43. The monoisotopic (exact) mass is 229 g/mol. The third-order valence-corrected chi connectivity index (χ3v) is 2.83. The Labute approximate surface area is 78.9 Å². The highest BCUT2D eigenvalue weighted by atomic mass is 79.9. The molecule has 0 aromatic heterocycles. The molecule has 0 saturated heterocycles. The van der Waals surface area contributed by atoms with Gasteiger partial charge in [-0.15, -0.1) is 0 Å². The van der Waals surface area contributed by atoms with Crippen molar-refractivity contribution in [2.45, 2.75) is 18.4 Å². The van der Waals surface area contributed by atoms with Gasteiger partial charge in [-0.3, -0.25) is 0 Å². The number of hydrogen-bond donors (Lipinski definition) is 1. The van der Waals surface area contributed by atoms with Gasteiger partial charge >= 0.3 is 0 Å². The Morgan fingerprint density at radius 2 is 2.17 bits per heavy atom. The molecule has 12 heavy (non-hydrogen) atoms. The van der Waals surface area contributed by atoms with Gasteiger partial charge in [-0.05, 0) is 34.0 Å². The maximum Gasteiger partial charge on any atom is 0.140 e. The van der Waals surface area contributed by atoms with Crippen LogP contribution in [0.1, 0.15) is 17.9 Å².